The van der Waals surface area contributed by atoms with Crippen LogP contribution < -0.4 is 0 Å². The zero-order valence-corrected chi connectivity index (χ0v) is 4.08. The van der Waals surface area contributed by atoms with Crippen molar-refractivity contribution in [1.82, 2.24) is 0 Å². The summed E-state index contributed by atoms with van der Waals surface area (Å²) < 4.78 is 18.8. The third-order valence-corrected chi connectivity index (χ3v) is 1.000. The summed E-state index contributed by atoms with van der Waals surface area (Å²) in [6.45, 7) is -0.250. The Morgan fingerprint density at radius 2 is 1.00 bits per heavy atom. The summed E-state index contributed by atoms with van der Waals surface area (Å²) >= 11 is 0. The topological polar surface area (TPSA) is 0 Å². The minimum absolute atomic E-state index is 0.250. The van der Waals surface area contributed by atoms with Crippen molar-refractivity contribution >= 4 is 0 Å². The molecule has 0 aromatic heterocycles. The molecular formula is C5H8F2. The Morgan fingerprint density at radius 3 is 1.00 bits per heavy atom. The second kappa shape index (κ2) is 5.86. The lowest BCUT2D eigenvalue weighted by Gasteiger charge is -2.05. The van der Waals surface area contributed by atoms with Crippen molar-refractivity contribution in [3.05, 3.63) is 6.93 Å². The Morgan fingerprint density at radius 1 is 0.857 bits per heavy atom. The Hall–Kier alpha value is -0.140. The van der Waals surface area contributed by atoms with Gasteiger partial charge in [-0.15, -0.1) is 0 Å². The molecule has 0 nitrogen and oxygen atoms in total. The molecule has 0 N–H and O–H groups in total. The maximum atomic E-state index is 9.38. The van der Waals surface area contributed by atoms with Crippen molar-refractivity contribution in [2.45, 2.75) is 25.7 Å². The third kappa shape index (κ3) is 5.86. The minimum Gasteiger partial charge on any atom is -0.192 e. The van der Waals surface area contributed by atoms with E-state index < -0.39 is 0 Å². The summed E-state index contributed by atoms with van der Waals surface area (Å²) in [5.41, 5.74) is 0. The van der Waals surface area contributed by atoms with Crippen molar-refractivity contribution in [2.24, 2.45) is 0 Å². The van der Waals surface area contributed by atoms with Crippen LogP contribution in [0.1, 0.15) is 25.7 Å². The van der Waals surface area contributed by atoms with Crippen LogP contribution in [-0.2, 0) is 0 Å². The SMILES string of the molecule is C1CCC1.F[C]F. The highest BCUT2D eigenvalue weighted by molar-refractivity contribution is 4.50. The predicted molar refractivity (Wildman–Crippen MR) is 23.9 cm³/mol. The van der Waals surface area contributed by atoms with Gasteiger partial charge < -0.3 is 0 Å². The summed E-state index contributed by atoms with van der Waals surface area (Å²) in [5.74, 6) is 0. The van der Waals surface area contributed by atoms with Gasteiger partial charge in [0.1, 0.15) is 0 Å². The second-order valence-electron chi connectivity index (χ2n) is 1.49. The van der Waals surface area contributed by atoms with E-state index in [1.807, 2.05) is 0 Å². The van der Waals surface area contributed by atoms with E-state index in [-0.39, 0.29) is 6.93 Å². The van der Waals surface area contributed by atoms with Crippen LogP contribution in [0.15, 0.2) is 0 Å². The molecule has 0 saturated heterocycles. The van der Waals surface area contributed by atoms with Crippen LogP contribution in [0, 0.1) is 6.93 Å². The number of hydrogen-bond acceptors (Lipinski definition) is 0. The van der Waals surface area contributed by atoms with Crippen molar-refractivity contribution in [1.29, 1.82) is 0 Å². The van der Waals surface area contributed by atoms with Gasteiger partial charge in [-0.05, 0) is 0 Å². The molecule has 0 spiro atoms. The average molecular weight is 106 g/mol. The molecule has 0 heterocycles. The molecule has 0 bridgehead atoms. The maximum absolute atomic E-state index is 9.38. The Bertz CT molecular complexity index is 21.3. The third-order valence-electron chi connectivity index (χ3n) is 1.000. The Kier molecular flexibility index (Phi) is 5.74. The number of halogens is 2. The lowest BCUT2D eigenvalue weighted by Crippen LogP contribution is -1.85. The zero-order valence-electron chi connectivity index (χ0n) is 4.08. The smallest absolute Gasteiger partial charge is 0.192 e. The van der Waals surface area contributed by atoms with E-state index in [0.717, 1.165) is 0 Å². The van der Waals surface area contributed by atoms with Crippen molar-refractivity contribution in [3.8, 4) is 0 Å². The first-order chi connectivity index (χ1) is 3.41. The fourth-order valence-corrected chi connectivity index (χ4v) is 0.250. The van der Waals surface area contributed by atoms with E-state index in [0.29, 0.717) is 0 Å². The zero-order chi connectivity index (χ0) is 5.54. The molecule has 0 amide bonds. The summed E-state index contributed by atoms with van der Waals surface area (Å²) in [5, 5.41) is 0. The minimum atomic E-state index is -0.250. The first-order valence-corrected chi connectivity index (χ1v) is 2.38. The van der Waals surface area contributed by atoms with Crippen molar-refractivity contribution < 1.29 is 8.78 Å². The molecule has 1 saturated carbocycles. The molecule has 1 aliphatic carbocycles. The van der Waals surface area contributed by atoms with Crippen LogP contribution in [-0.4, -0.2) is 0 Å². The standard InChI is InChI=1S/C4H8.CF2/c1-2-4-3-1;2-1-3/h1-4H2;. The van der Waals surface area contributed by atoms with Gasteiger partial charge in [-0.1, -0.05) is 25.7 Å². The lowest BCUT2D eigenvalue weighted by molar-refractivity contribution is 0.404. The summed E-state index contributed by atoms with van der Waals surface area (Å²) in [6.07, 6.45) is 6.00. The van der Waals surface area contributed by atoms with E-state index in [9.17, 15) is 8.78 Å². The van der Waals surface area contributed by atoms with E-state index >= 15 is 0 Å². The fraction of sp³-hybridized carbons (Fsp3) is 0.800. The highest BCUT2D eigenvalue weighted by atomic mass is 19.3. The first kappa shape index (κ1) is 6.86. The number of hydrogen-bond donors (Lipinski definition) is 0. The average Bonchev–Trinajstić information content (AvgIpc) is 1.27. The van der Waals surface area contributed by atoms with Gasteiger partial charge in [0, 0.05) is 0 Å². The van der Waals surface area contributed by atoms with Gasteiger partial charge in [0.05, 0.1) is 0 Å². The van der Waals surface area contributed by atoms with Gasteiger partial charge in [0.2, 0.25) is 0 Å². The summed E-state index contributed by atoms with van der Waals surface area (Å²) in [7, 11) is 0. The van der Waals surface area contributed by atoms with Gasteiger partial charge in [-0.3, -0.25) is 0 Å². The van der Waals surface area contributed by atoms with Crippen LogP contribution in [0.25, 0.3) is 0 Å². The van der Waals surface area contributed by atoms with Crippen molar-refractivity contribution in [2.75, 3.05) is 0 Å². The van der Waals surface area contributed by atoms with E-state index in [1.165, 1.54) is 25.7 Å². The van der Waals surface area contributed by atoms with Gasteiger partial charge in [-0.2, -0.15) is 8.78 Å². The second-order valence-corrected chi connectivity index (χ2v) is 1.49. The predicted octanol–water partition coefficient (Wildman–Crippen LogP) is 2.48. The lowest BCUT2D eigenvalue weighted by atomic mass is 10.0. The highest BCUT2D eigenvalue weighted by Crippen LogP contribution is 2.15. The van der Waals surface area contributed by atoms with Crippen LogP contribution in [0.2, 0.25) is 0 Å². The molecule has 0 atom stereocenters. The number of rotatable bonds is 0. The maximum Gasteiger partial charge on any atom is 0.385 e. The first-order valence-electron chi connectivity index (χ1n) is 2.38. The van der Waals surface area contributed by atoms with Crippen molar-refractivity contribution in [3.63, 3.8) is 0 Å². The summed E-state index contributed by atoms with van der Waals surface area (Å²) in [6, 6.07) is 0. The molecule has 2 heteroatoms. The molecular weight excluding hydrogens is 98.1 g/mol. The van der Waals surface area contributed by atoms with E-state index in [1.54, 1.807) is 0 Å². The largest absolute Gasteiger partial charge is 0.385 e. The monoisotopic (exact) mass is 106 g/mol. The van der Waals surface area contributed by atoms with Crippen LogP contribution in [0.4, 0.5) is 8.78 Å². The Labute approximate surface area is 42.5 Å². The molecule has 2 radical (unpaired) electrons. The molecule has 7 heavy (non-hydrogen) atoms. The molecule has 0 aromatic rings. The molecule has 42 valence electrons. The Balaban J connectivity index is 0.000000110. The van der Waals surface area contributed by atoms with Gasteiger partial charge >= 0.3 is 6.93 Å². The van der Waals surface area contributed by atoms with Gasteiger partial charge in [0.15, 0.2) is 0 Å². The van der Waals surface area contributed by atoms with Crippen LogP contribution in [0.5, 0.6) is 0 Å². The van der Waals surface area contributed by atoms with Crippen LogP contribution in [0.3, 0.4) is 0 Å². The van der Waals surface area contributed by atoms with Gasteiger partial charge in [-0.25, -0.2) is 0 Å². The highest BCUT2D eigenvalue weighted by Gasteiger charge is 1.95. The van der Waals surface area contributed by atoms with E-state index in [2.05, 4.69) is 0 Å². The molecule has 0 aliphatic heterocycles. The molecule has 1 rings (SSSR count). The molecule has 1 fully saturated rings. The quantitative estimate of drug-likeness (QED) is 0.445. The van der Waals surface area contributed by atoms with Gasteiger partial charge in [0.25, 0.3) is 0 Å². The molecule has 0 aromatic carbocycles. The summed E-state index contributed by atoms with van der Waals surface area (Å²) in [4.78, 5) is 0. The fourth-order valence-electron chi connectivity index (χ4n) is 0.250. The van der Waals surface area contributed by atoms with Crippen LogP contribution >= 0.6 is 0 Å². The van der Waals surface area contributed by atoms with E-state index in [4.69, 9.17) is 0 Å². The molecule has 0 unspecified atom stereocenters. The molecule has 1 aliphatic rings. The normalized spacial score (nSPS) is 16.3.